The topological polar surface area (TPSA) is 42.0 Å². The van der Waals surface area contributed by atoms with E-state index in [2.05, 4.69) is 31.2 Å². The molecule has 0 N–H and O–H groups in total. The number of carbonyl (C=O) groups excluding carboxylic acids is 1. The number of nitrogens with zero attached hydrogens (tertiary/aromatic N) is 2. The molecular formula is C17H24N2O3. The van der Waals surface area contributed by atoms with Crippen LogP contribution in [0.5, 0.6) is 0 Å². The van der Waals surface area contributed by atoms with E-state index in [0.29, 0.717) is 46.0 Å². The van der Waals surface area contributed by atoms with Crippen molar-refractivity contribution in [3.63, 3.8) is 0 Å². The third kappa shape index (κ3) is 3.42. The Labute approximate surface area is 131 Å². The first kappa shape index (κ1) is 15.3. The fraction of sp³-hybridized carbons (Fsp3) is 0.588. The number of hydrogen-bond donors (Lipinski definition) is 0. The van der Waals surface area contributed by atoms with Crippen molar-refractivity contribution in [3.05, 3.63) is 35.4 Å². The van der Waals surface area contributed by atoms with Crippen molar-refractivity contribution >= 4 is 6.03 Å². The van der Waals surface area contributed by atoms with Crippen molar-refractivity contribution in [2.24, 2.45) is 0 Å². The van der Waals surface area contributed by atoms with Gasteiger partial charge in [-0.1, -0.05) is 31.2 Å². The summed E-state index contributed by atoms with van der Waals surface area (Å²) in [7, 11) is 0. The molecule has 5 heteroatoms. The summed E-state index contributed by atoms with van der Waals surface area (Å²) in [5.74, 6) is 0. The number of ether oxygens (including phenoxy) is 2. The zero-order chi connectivity index (χ0) is 15.4. The normalized spacial score (nSPS) is 22.7. The SMILES string of the molecule is CCc1ccc(C2CN(C(=O)N3CCOCC3)CCO2)cc1. The van der Waals surface area contributed by atoms with E-state index in [1.807, 2.05) is 9.80 Å². The molecule has 5 nitrogen and oxygen atoms in total. The fourth-order valence-electron chi connectivity index (χ4n) is 2.95. The zero-order valence-corrected chi connectivity index (χ0v) is 13.2. The number of amides is 2. The lowest BCUT2D eigenvalue weighted by molar-refractivity contribution is -0.0265. The number of aryl methyl sites for hydroxylation is 1. The molecule has 2 aliphatic rings. The lowest BCUT2D eigenvalue weighted by atomic mass is 10.0. The molecule has 3 rings (SSSR count). The zero-order valence-electron chi connectivity index (χ0n) is 13.2. The van der Waals surface area contributed by atoms with Gasteiger partial charge in [-0.15, -0.1) is 0 Å². The van der Waals surface area contributed by atoms with Crippen LogP contribution in [-0.2, 0) is 15.9 Å². The molecule has 2 fully saturated rings. The predicted octanol–water partition coefficient (Wildman–Crippen LogP) is 2.07. The van der Waals surface area contributed by atoms with E-state index >= 15 is 0 Å². The Kier molecular flexibility index (Phi) is 4.95. The monoisotopic (exact) mass is 304 g/mol. The van der Waals surface area contributed by atoms with E-state index in [0.717, 1.165) is 12.0 Å². The van der Waals surface area contributed by atoms with Gasteiger partial charge in [0.15, 0.2) is 0 Å². The van der Waals surface area contributed by atoms with Crippen molar-refractivity contribution in [1.82, 2.24) is 9.80 Å². The highest BCUT2D eigenvalue weighted by molar-refractivity contribution is 5.74. The van der Waals surface area contributed by atoms with Crippen LogP contribution < -0.4 is 0 Å². The van der Waals surface area contributed by atoms with Gasteiger partial charge in [-0.3, -0.25) is 0 Å². The van der Waals surface area contributed by atoms with Gasteiger partial charge >= 0.3 is 6.03 Å². The molecule has 0 bridgehead atoms. The van der Waals surface area contributed by atoms with Gasteiger partial charge in [0.25, 0.3) is 0 Å². The van der Waals surface area contributed by atoms with Gasteiger partial charge in [0.1, 0.15) is 6.10 Å². The Morgan fingerprint density at radius 1 is 1.09 bits per heavy atom. The van der Waals surface area contributed by atoms with Crippen LogP contribution in [-0.4, -0.2) is 61.8 Å². The second-order valence-corrected chi connectivity index (χ2v) is 5.78. The summed E-state index contributed by atoms with van der Waals surface area (Å²) in [6.45, 7) is 6.68. The summed E-state index contributed by atoms with van der Waals surface area (Å²) in [4.78, 5) is 16.4. The van der Waals surface area contributed by atoms with Gasteiger partial charge in [-0.05, 0) is 17.5 Å². The van der Waals surface area contributed by atoms with Gasteiger partial charge in [-0.25, -0.2) is 4.79 Å². The second-order valence-electron chi connectivity index (χ2n) is 5.78. The minimum absolute atomic E-state index is 0.0235. The standard InChI is InChI=1S/C17H24N2O3/c1-2-14-3-5-15(6-4-14)16-13-19(9-12-22-16)17(20)18-7-10-21-11-8-18/h3-6,16H,2,7-13H2,1H3. The molecule has 1 aromatic rings. The molecule has 2 saturated heterocycles. The van der Waals surface area contributed by atoms with Gasteiger partial charge in [-0.2, -0.15) is 0 Å². The summed E-state index contributed by atoms with van der Waals surface area (Å²) >= 11 is 0. The van der Waals surface area contributed by atoms with Crippen LogP contribution >= 0.6 is 0 Å². The van der Waals surface area contributed by atoms with Gasteiger partial charge < -0.3 is 19.3 Å². The molecule has 1 unspecified atom stereocenters. The number of benzene rings is 1. The highest BCUT2D eigenvalue weighted by Crippen LogP contribution is 2.23. The van der Waals surface area contributed by atoms with Crippen molar-refractivity contribution in [2.45, 2.75) is 19.4 Å². The van der Waals surface area contributed by atoms with Crippen molar-refractivity contribution in [1.29, 1.82) is 0 Å². The van der Waals surface area contributed by atoms with Gasteiger partial charge in [0, 0.05) is 19.6 Å². The number of urea groups is 1. The Morgan fingerprint density at radius 2 is 1.77 bits per heavy atom. The molecule has 2 heterocycles. The van der Waals surface area contributed by atoms with Gasteiger partial charge in [0.2, 0.25) is 0 Å². The van der Waals surface area contributed by atoms with E-state index < -0.39 is 0 Å². The van der Waals surface area contributed by atoms with Crippen LogP contribution in [0, 0.1) is 0 Å². The molecule has 0 radical (unpaired) electrons. The first-order chi connectivity index (χ1) is 10.8. The minimum atomic E-state index is -0.0235. The summed E-state index contributed by atoms with van der Waals surface area (Å²) in [5, 5.41) is 0. The third-order valence-corrected chi connectivity index (χ3v) is 4.38. The smallest absolute Gasteiger partial charge is 0.320 e. The largest absolute Gasteiger partial charge is 0.378 e. The van der Waals surface area contributed by atoms with Crippen molar-refractivity contribution in [3.8, 4) is 0 Å². The molecule has 2 aliphatic heterocycles. The van der Waals surface area contributed by atoms with Crippen LogP contribution in [0.25, 0.3) is 0 Å². The summed E-state index contributed by atoms with van der Waals surface area (Å²) < 4.78 is 11.2. The van der Waals surface area contributed by atoms with E-state index in [9.17, 15) is 4.79 Å². The van der Waals surface area contributed by atoms with Crippen molar-refractivity contribution < 1.29 is 14.3 Å². The lowest BCUT2D eigenvalue weighted by Crippen LogP contribution is -2.51. The molecule has 120 valence electrons. The number of carbonyl (C=O) groups is 1. The van der Waals surface area contributed by atoms with Crippen molar-refractivity contribution in [2.75, 3.05) is 46.0 Å². The molecule has 0 aromatic heterocycles. The Balaban J connectivity index is 1.64. The Bertz CT molecular complexity index is 497. The number of morpholine rings is 2. The first-order valence-corrected chi connectivity index (χ1v) is 8.10. The summed E-state index contributed by atoms with van der Waals surface area (Å²) in [5.41, 5.74) is 2.47. The second kappa shape index (κ2) is 7.11. The molecule has 22 heavy (non-hydrogen) atoms. The third-order valence-electron chi connectivity index (χ3n) is 4.38. The molecular weight excluding hydrogens is 280 g/mol. The molecule has 1 atom stereocenters. The molecule has 0 spiro atoms. The van der Waals surface area contributed by atoms with E-state index in [4.69, 9.17) is 9.47 Å². The average molecular weight is 304 g/mol. The summed E-state index contributed by atoms with van der Waals surface area (Å²) in [6, 6.07) is 8.63. The van der Waals surface area contributed by atoms with E-state index in [1.165, 1.54) is 5.56 Å². The van der Waals surface area contributed by atoms with Crippen LogP contribution in [0.3, 0.4) is 0 Å². The predicted molar refractivity (Wildman–Crippen MR) is 83.9 cm³/mol. The number of rotatable bonds is 2. The highest BCUT2D eigenvalue weighted by atomic mass is 16.5. The average Bonchev–Trinajstić information content (AvgIpc) is 2.62. The van der Waals surface area contributed by atoms with Gasteiger partial charge in [0.05, 0.1) is 26.4 Å². The number of hydrogen-bond acceptors (Lipinski definition) is 3. The Morgan fingerprint density at radius 3 is 2.45 bits per heavy atom. The first-order valence-electron chi connectivity index (χ1n) is 8.10. The molecule has 1 aromatic carbocycles. The quantitative estimate of drug-likeness (QED) is 0.840. The van der Waals surface area contributed by atoms with Crippen LogP contribution in [0.4, 0.5) is 4.79 Å². The maximum Gasteiger partial charge on any atom is 0.320 e. The highest BCUT2D eigenvalue weighted by Gasteiger charge is 2.29. The van der Waals surface area contributed by atoms with E-state index in [-0.39, 0.29) is 12.1 Å². The lowest BCUT2D eigenvalue weighted by Gasteiger charge is -2.37. The fourth-order valence-corrected chi connectivity index (χ4v) is 2.95. The maximum absolute atomic E-state index is 12.6. The molecule has 0 saturated carbocycles. The van der Waals surface area contributed by atoms with Crippen LogP contribution in [0.15, 0.2) is 24.3 Å². The minimum Gasteiger partial charge on any atom is -0.378 e. The van der Waals surface area contributed by atoms with Crippen LogP contribution in [0.1, 0.15) is 24.2 Å². The summed E-state index contributed by atoms with van der Waals surface area (Å²) in [6.07, 6.45) is 1.01. The molecule has 0 aliphatic carbocycles. The Hall–Kier alpha value is -1.59. The maximum atomic E-state index is 12.6. The molecule has 2 amide bonds. The van der Waals surface area contributed by atoms with E-state index in [1.54, 1.807) is 0 Å². The van der Waals surface area contributed by atoms with Crippen LogP contribution in [0.2, 0.25) is 0 Å².